The third-order valence-corrected chi connectivity index (χ3v) is 5.75. The number of carbonyl (C=O) groups is 1. The highest BCUT2D eigenvalue weighted by molar-refractivity contribution is 5.94. The first-order valence-electron chi connectivity index (χ1n) is 10.2. The number of hydrogen-bond acceptors (Lipinski definition) is 8. The Bertz CT molecular complexity index is 1440. The van der Waals surface area contributed by atoms with Crippen molar-refractivity contribution in [1.29, 1.82) is 0 Å². The summed E-state index contributed by atoms with van der Waals surface area (Å²) in [4.78, 5) is 29.9. The second-order valence-electron chi connectivity index (χ2n) is 7.58. The molecular weight excluding hydrogens is 426 g/mol. The summed E-state index contributed by atoms with van der Waals surface area (Å²) in [5.74, 6) is -0.0868. The van der Waals surface area contributed by atoms with E-state index in [0.29, 0.717) is 22.6 Å². The number of aromatic hydroxyl groups is 1. The monoisotopic (exact) mass is 445 g/mol. The van der Waals surface area contributed by atoms with Crippen molar-refractivity contribution >= 4 is 16.9 Å². The lowest BCUT2D eigenvalue weighted by molar-refractivity contribution is -0.135. The van der Waals surface area contributed by atoms with Gasteiger partial charge in [-0.1, -0.05) is 12.1 Å². The van der Waals surface area contributed by atoms with Crippen molar-refractivity contribution < 1.29 is 28.5 Å². The molecule has 0 spiro atoms. The molecule has 0 unspecified atom stereocenters. The number of pyridine rings is 1. The van der Waals surface area contributed by atoms with Crippen LogP contribution in [0.4, 0.5) is 0 Å². The van der Waals surface area contributed by atoms with Gasteiger partial charge in [0.1, 0.15) is 28.7 Å². The van der Waals surface area contributed by atoms with Gasteiger partial charge in [0.2, 0.25) is 5.43 Å². The van der Waals surface area contributed by atoms with Crippen molar-refractivity contribution in [2.75, 3.05) is 14.2 Å². The number of aromatic nitrogens is 1. The van der Waals surface area contributed by atoms with Crippen LogP contribution >= 0.6 is 0 Å². The molecule has 4 aromatic rings. The van der Waals surface area contributed by atoms with Crippen LogP contribution in [-0.4, -0.2) is 30.3 Å². The standard InChI is InChI=1S/C25H19NO7/c1-30-18-6-5-13(8-19(18)31-2)16-12-32-25-22-15(14-4-3-7-26-11-14)9-21(28)33-20(22)10-17(27)23(25)24(16)29/h3-8,10-12,15,27H,9H2,1-2H3/t15-/m0/s1. The number of phenolic OH excluding ortho intramolecular Hbond substituents is 1. The number of esters is 1. The van der Waals surface area contributed by atoms with Gasteiger partial charge in [-0.2, -0.15) is 0 Å². The van der Waals surface area contributed by atoms with Gasteiger partial charge in [0.05, 0.1) is 26.2 Å². The smallest absolute Gasteiger partial charge is 0.312 e. The van der Waals surface area contributed by atoms with Gasteiger partial charge in [-0.05, 0) is 29.3 Å². The number of rotatable bonds is 4. The van der Waals surface area contributed by atoms with Crippen LogP contribution < -0.4 is 19.6 Å². The third-order valence-electron chi connectivity index (χ3n) is 5.75. The van der Waals surface area contributed by atoms with Gasteiger partial charge in [0.25, 0.3) is 0 Å². The highest BCUT2D eigenvalue weighted by Gasteiger charge is 2.33. The van der Waals surface area contributed by atoms with Crippen molar-refractivity contribution in [3.05, 3.63) is 76.4 Å². The van der Waals surface area contributed by atoms with Crippen molar-refractivity contribution in [3.63, 3.8) is 0 Å². The largest absolute Gasteiger partial charge is 0.507 e. The molecule has 0 saturated heterocycles. The zero-order valence-electron chi connectivity index (χ0n) is 17.8. The van der Waals surface area contributed by atoms with E-state index in [1.54, 1.807) is 36.7 Å². The summed E-state index contributed by atoms with van der Waals surface area (Å²) < 4.78 is 21.9. The number of hydrogen-bond donors (Lipinski definition) is 1. The zero-order valence-corrected chi connectivity index (χ0v) is 17.8. The van der Waals surface area contributed by atoms with Gasteiger partial charge in [0, 0.05) is 29.9 Å². The molecular formula is C25H19NO7. The fourth-order valence-corrected chi connectivity index (χ4v) is 4.20. The van der Waals surface area contributed by atoms with Crippen molar-refractivity contribution in [2.24, 2.45) is 0 Å². The molecule has 8 heteroatoms. The molecule has 5 rings (SSSR count). The Balaban J connectivity index is 1.75. The van der Waals surface area contributed by atoms with Crippen LogP contribution in [-0.2, 0) is 4.79 Å². The average molecular weight is 445 g/mol. The normalized spacial score (nSPS) is 15.1. The maximum Gasteiger partial charge on any atom is 0.312 e. The molecule has 8 nitrogen and oxygen atoms in total. The molecule has 1 aliphatic rings. The number of methoxy groups -OCH3 is 2. The van der Waals surface area contributed by atoms with Crippen LogP contribution in [0, 0.1) is 0 Å². The summed E-state index contributed by atoms with van der Waals surface area (Å²) in [7, 11) is 3.02. The third kappa shape index (κ3) is 3.36. The molecule has 1 N–H and O–H groups in total. The van der Waals surface area contributed by atoms with Crippen LogP contribution in [0.15, 0.2) is 64.3 Å². The predicted octanol–water partition coefficient (Wildman–Crippen LogP) is 4.02. The van der Waals surface area contributed by atoms with Gasteiger partial charge < -0.3 is 23.7 Å². The second kappa shape index (κ2) is 7.98. The quantitative estimate of drug-likeness (QED) is 0.371. The summed E-state index contributed by atoms with van der Waals surface area (Å²) >= 11 is 0. The van der Waals surface area contributed by atoms with E-state index in [1.165, 1.54) is 26.5 Å². The maximum atomic E-state index is 13.5. The van der Waals surface area contributed by atoms with E-state index in [4.69, 9.17) is 18.6 Å². The minimum absolute atomic E-state index is 0.00729. The van der Waals surface area contributed by atoms with Gasteiger partial charge in [0.15, 0.2) is 11.5 Å². The Morgan fingerprint density at radius 2 is 1.91 bits per heavy atom. The average Bonchev–Trinajstić information content (AvgIpc) is 2.83. The van der Waals surface area contributed by atoms with Crippen LogP contribution in [0.25, 0.3) is 22.1 Å². The maximum absolute atomic E-state index is 13.5. The Morgan fingerprint density at radius 3 is 2.64 bits per heavy atom. The van der Waals surface area contributed by atoms with Crippen LogP contribution in [0.5, 0.6) is 23.0 Å². The number of carbonyl (C=O) groups excluding carboxylic acids is 1. The summed E-state index contributed by atoms with van der Waals surface area (Å²) in [6.07, 6.45) is 4.68. The van der Waals surface area contributed by atoms with E-state index in [-0.39, 0.29) is 34.5 Å². The summed E-state index contributed by atoms with van der Waals surface area (Å²) in [6.45, 7) is 0. The molecule has 2 aromatic heterocycles. The fraction of sp³-hybridized carbons (Fsp3) is 0.160. The molecule has 0 aliphatic carbocycles. The van der Waals surface area contributed by atoms with Crippen molar-refractivity contribution in [1.82, 2.24) is 4.98 Å². The lowest BCUT2D eigenvalue weighted by Crippen LogP contribution is -2.22. The van der Waals surface area contributed by atoms with E-state index in [1.807, 2.05) is 6.07 Å². The molecule has 1 aliphatic heterocycles. The van der Waals surface area contributed by atoms with Gasteiger partial charge in [-0.15, -0.1) is 0 Å². The van der Waals surface area contributed by atoms with E-state index in [9.17, 15) is 14.7 Å². The number of fused-ring (bicyclic) bond motifs is 3. The summed E-state index contributed by atoms with van der Waals surface area (Å²) in [5.41, 5.74) is 1.81. The minimum Gasteiger partial charge on any atom is -0.507 e. The predicted molar refractivity (Wildman–Crippen MR) is 119 cm³/mol. The first kappa shape index (κ1) is 20.6. The number of nitrogens with zero attached hydrogens (tertiary/aromatic N) is 1. The highest BCUT2D eigenvalue weighted by atomic mass is 16.5. The summed E-state index contributed by atoms with van der Waals surface area (Å²) in [6, 6.07) is 9.94. The fourth-order valence-electron chi connectivity index (χ4n) is 4.20. The Hall–Kier alpha value is -4.33. The number of ether oxygens (including phenoxy) is 3. The first-order valence-corrected chi connectivity index (χ1v) is 10.2. The minimum atomic E-state index is -0.445. The van der Waals surface area contributed by atoms with Crippen molar-refractivity contribution in [3.8, 4) is 34.1 Å². The first-order chi connectivity index (χ1) is 16.0. The lowest BCUT2D eigenvalue weighted by Gasteiger charge is -2.25. The van der Waals surface area contributed by atoms with Crippen LogP contribution in [0.1, 0.15) is 23.5 Å². The molecule has 3 heterocycles. The molecule has 0 amide bonds. The molecule has 2 aromatic carbocycles. The SMILES string of the molecule is COc1ccc(-c2coc3c4c(cc(O)c3c2=O)OC(=O)C[C@H]4c2cccnc2)cc1OC. The molecule has 0 saturated carbocycles. The molecule has 0 bridgehead atoms. The number of benzene rings is 2. The second-order valence-corrected chi connectivity index (χ2v) is 7.58. The van der Waals surface area contributed by atoms with E-state index < -0.39 is 17.3 Å². The number of phenols is 1. The Kier molecular flexibility index (Phi) is 4.97. The van der Waals surface area contributed by atoms with Gasteiger partial charge in [-0.25, -0.2) is 0 Å². The van der Waals surface area contributed by atoms with Gasteiger partial charge in [-0.3, -0.25) is 14.6 Å². The molecule has 33 heavy (non-hydrogen) atoms. The van der Waals surface area contributed by atoms with Crippen LogP contribution in [0.3, 0.4) is 0 Å². The molecule has 166 valence electrons. The van der Waals surface area contributed by atoms with Gasteiger partial charge >= 0.3 is 5.97 Å². The van der Waals surface area contributed by atoms with E-state index >= 15 is 0 Å². The topological polar surface area (TPSA) is 108 Å². The molecule has 1 atom stereocenters. The van der Waals surface area contributed by atoms with Crippen molar-refractivity contribution in [2.45, 2.75) is 12.3 Å². The Labute approximate surface area is 188 Å². The lowest BCUT2D eigenvalue weighted by atomic mass is 9.85. The summed E-state index contributed by atoms with van der Waals surface area (Å²) in [5, 5.41) is 10.7. The Morgan fingerprint density at radius 1 is 1.09 bits per heavy atom. The van der Waals surface area contributed by atoms with E-state index in [2.05, 4.69) is 4.98 Å². The van der Waals surface area contributed by atoms with E-state index in [0.717, 1.165) is 5.56 Å². The van der Waals surface area contributed by atoms with Crippen LogP contribution in [0.2, 0.25) is 0 Å². The zero-order chi connectivity index (χ0) is 23.1. The molecule has 0 radical (unpaired) electrons. The highest BCUT2D eigenvalue weighted by Crippen LogP contribution is 2.45. The molecule has 0 fully saturated rings.